The van der Waals surface area contributed by atoms with E-state index in [2.05, 4.69) is 26.0 Å². The lowest BCUT2D eigenvalue weighted by molar-refractivity contribution is 0.457. The summed E-state index contributed by atoms with van der Waals surface area (Å²) in [5.41, 5.74) is 5.98. The molecule has 1 heterocycles. The molecule has 2 heteroatoms. The topological polar surface area (TPSA) is 30.2 Å². The zero-order valence-electron chi connectivity index (χ0n) is 13.0. The second-order valence-electron chi connectivity index (χ2n) is 5.58. The molecular weight excluding hydrogens is 248 g/mol. The van der Waals surface area contributed by atoms with Crippen LogP contribution in [0.2, 0.25) is 0 Å². The Kier molecular flexibility index (Phi) is 4.12. The lowest BCUT2D eigenvalue weighted by Crippen LogP contribution is -2.09. The maximum atomic E-state index is 12.4. The fraction of sp³-hybridized carbons (Fsp3) is 0.389. The van der Waals surface area contributed by atoms with E-state index < -0.39 is 0 Å². The highest BCUT2D eigenvalue weighted by Gasteiger charge is 2.15. The van der Waals surface area contributed by atoms with Crippen molar-refractivity contribution in [2.45, 2.75) is 47.5 Å². The molecule has 1 aromatic carbocycles. The first kappa shape index (κ1) is 14.6. The summed E-state index contributed by atoms with van der Waals surface area (Å²) in [6, 6.07) is 6.22. The van der Waals surface area contributed by atoms with Crippen molar-refractivity contribution in [1.82, 2.24) is 0 Å². The van der Waals surface area contributed by atoms with Gasteiger partial charge in [0.1, 0.15) is 5.76 Å². The van der Waals surface area contributed by atoms with Crippen molar-refractivity contribution in [3.63, 3.8) is 0 Å². The molecule has 0 spiro atoms. The van der Waals surface area contributed by atoms with Crippen LogP contribution >= 0.6 is 0 Å². The predicted octanol–water partition coefficient (Wildman–Crippen LogP) is 4.49. The van der Waals surface area contributed by atoms with E-state index in [9.17, 15) is 4.79 Å². The monoisotopic (exact) mass is 270 g/mol. The first-order valence-corrected chi connectivity index (χ1v) is 7.16. The minimum atomic E-state index is -0.219. The van der Waals surface area contributed by atoms with Crippen LogP contribution in [0.5, 0.6) is 0 Å². The Labute approximate surface area is 120 Å². The minimum Gasteiger partial charge on any atom is -0.427 e. The second-order valence-corrected chi connectivity index (χ2v) is 5.58. The first-order chi connectivity index (χ1) is 9.43. The van der Waals surface area contributed by atoms with Crippen LogP contribution < -0.4 is 5.63 Å². The van der Waals surface area contributed by atoms with E-state index in [-0.39, 0.29) is 5.63 Å². The third-order valence-electron chi connectivity index (χ3n) is 3.62. The van der Waals surface area contributed by atoms with Crippen LogP contribution in [0, 0.1) is 27.7 Å². The Bertz CT molecular complexity index is 670. The van der Waals surface area contributed by atoms with Crippen LogP contribution in [-0.2, 0) is 6.42 Å². The molecule has 0 bridgehead atoms. The molecule has 0 saturated heterocycles. The van der Waals surface area contributed by atoms with Crippen molar-refractivity contribution in [3.8, 4) is 11.1 Å². The smallest absolute Gasteiger partial charge is 0.344 e. The largest absolute Gasteiger partial charge is 0.427 e. The first-order valence-electron chi connectivity index (χ1n) is 7.16. The molecule has 2 rings (SSSR count). The third-order valence-corrected chi connectivity index (χ3v) is 3.62. The van der Waals surface area contributed by atoms with Crippen LogP contribution in [0.4, 0.5) is 0 Å². The van der Waals surface area contributed by atoms with E-state index in [0.29, 0.717) is 5.56 Å². The van der Waals surface area contributed by atoms with Gasteiger partial charge in [-0.05, 0) is 62.4 Å². The van der Waals surface area contributed by atoms with Crippen molar-refractivity contribution in [3.05, 3.63) is 56.6 Å². The molecular formula is C18H22O2. The van der Waals surface area contributed by atoms with Gasteiger partial charge in [0.15, 0.2) is 0 Å². The summed E-state index contributed by atoms with van der Waals surface area (Å²) < 4.78 is 5.47. The zero-order chi connectivity index (χ0) is 14.9. The lowest BCUT2D eigenvalue weighted by Gasteiger charge is -2.13. The molecule has 0 fully saturated rings. The Morgan fingerprint density at radius 2 is 1.45 bits per heavy atom. The molecule has 2 aromatic rings. The van der Waals surface area contributed by atoms with Crippen LogP contribution in [0.15, 0.2) is 27.4 Å². The van der Waals surface area contributed by atoms with Gasteiger partial charge in [-0.15, -0.1) is 0 Å². The molecule has 0 atom stereocenters. The van der Waals surface area contributed by atoms with Gasteiger partial charge in [-0.25, -0.2) is 4.79 Å². The third kappa shape index (κ3) is 2.69. The number of aryl methyl sites for hydroxylation is 5. The number of benzene rings is 1. The van der Waals surface area contributed by atoms with Crippen LogP contribution in [0.3, 0.4) is 0 Å². The zero-order valence-corrected chi connectivity index (χ0v) is 13.0. The molecule has 0 radical (unpaired) electrons. The summed E-state index contributed by atoms with van der Waals surface area (Å²) in [5.74, 6) is 0.779. The number of hydrogen-bond donors (Lipinski definition) is 0. The van der Waals surface area contributed by atoms with E-state index in [1.807, 2.05) is 26.8 Å². The van der Waals surface area contributed by atoms with Gasteiger partial charge in [0, 0.05) is 6.42 Å². The van der Waals surface area contributed by atoms with E-state index in [1.54, 1.807) is 0 Å². The average molecular weight is 270 g/mol. The van der Waals surface area contributed by atoms with Crippen LogP contribution in [0.1, 0.15) is 41.4 Å². The second kappa shape index (κ2) is 5.66. The quantitative estimate of drug-likeness (QED) is 0.822. The molecule has 0 aliphatic heterocycles. The van der Waals surface area contributed by atoms with Crippen LogP contribution in [-0.4, -0.2) is 0 Å². The van der Waals surface area contributed by atoms with Gasteiger partial charge in [-0.1, -0.05) is 24.6 Å². The Balaban J connectivity index is 2.68. The van der Waals surface area contributed by atoms with Crippen molar-refractivity contribution < 1.29 is 4.42 Å². The summed E-state index contributed by atoms with van der Waals surface area (Å²) in [6.07, 6.45) is 1.78. The van der Waals surface area contributed by atoms with Crippen molar-refractivity contribution in [2.75, 3.05) is 0 Å². The highest BCUT2D eigenvalue weighted by Crippen LogP contribution is 2.28. The lowest BCUT2D eigenvalue weighted by atomic mass is 9.92. The normalized spacial score (nSPS) is 10.8. The van der Waals surface area contributed by atoms with E-state index >= 15 is 0 Å². The van der Waals surface area contributed by atoms with Gasteiger partial charge in [0.25, 0.3) is 0 Å². The summed E-state index contributed by atoms with van der Waals surface area (Å²) in [7, 11) is 0. The van der Waals surface area contributed by atoms with Gasteiger partial charge < -0.3 is 4.42 Å². The Hall–Kier alpha value is -1.83. The fourth-order valence-electron chi connectivity index (χ4n) is 2.92. The van der Waals surface area contributed by atoms with Gasteiger partial charge >= 0.3 is 5.63 Å². The molecule has 1 aromatic heterocycles. The van der Waals surface area contributed by atoms with Crippen LogP contribution in [0.25, 0.3) is 11.1 Å². The minimum absolute atomic E-state index is 0.219. The molecule has 0 unspecified atom stereocenters. The molecule has 0 amide bonds. The molecule has 106 valence electrons. The van der Waals surface area contributed by atoms with E-state index in [4.69, 9.17) is 4.42 Å². The molecule has 0 saturated carbocycles. The average Bonchev–Trinajstić information content (AvgIpc) is 2.31. The predicted molar refractivity (Wildman–Crippen MR) is 83.4 cm³/mol. The standard InChI is InChI=1S/C18H22O2/c1-6-7-15-10-14(5)17(18(19)20-15)16-12(3)8-11(2)9-13(16)4/h8-10H,6-7H2,1-5H3. The number of rotatable bonds is 3. The molecule has 0 aliphatic carbocycles. The molecule has 0 aliphatic rings. The van der Waals surface area contributed by atoms with Crippen molar-refractivity contribution in [2.24, 2.45) is 0 Å². The SMILES string of the molecule is CCCc1cc(C)c(-c2c(C)cc(C)cc2C)c(=O)o1. The molecule has 2 nitrogen and oxygen atoms in total. The van der Waals surface area contributed by atoms with E-state index in [1.165, 1.54) is 5.56 Å². The Morgan fingerprint density at radius 3 is 1.95 bits per heavy atom. The van der Waals surface area contributed by atoms with Crippen molar-refractivity contribution >= 4 is 0 Å². The van der Waals surface area contributed by atoms with E-state index in [0.717, 1.165) is 40.9 Å². The summed E-state index contributed by atoms with van der Waals surface area (Å²) >= 11 is 0. The Morgan fingerprint density at radius 1 is 0.900 bits per heavy atom. The maximum Gasteiger partial charge on any atom is 0.344 e. The molecule has 20 heavy (non-hydrogen) atoms. The summed E-state index contributed by atoms with van der Waals surface area (Å²) in [4.78, 5) is 12.4. The van der Waals surface area contributed by atoms with Crippen molar-refractivity contribution in [1.29, 1.82) is 0 Å². The number of hydrogen-bond acceptors (Lipinski definition) is 2. The van der Waals surface area contributed by atoms with Gasteiger partial charge in [-0.3, -0.25) is 0 Å². The highest BCUT2D eigenvalue weighted by atomic mass is 16.4. The fourth-order valence-corrected chi connectivity index (χ4v) is 2.92. The maximum absolute atomic E-state index is 12.4. The molecule has 0 N–H and O–H groups in total. The summed E-state index contributed by atoms with van der Waals surface area (Å²) in [5, 5.41) is 0. The van der Waals surface area contributed by atoms with Gasteiger partial charge in [0.05, 0.1) is 5.56 Å². The summed E-state index contributed by atoms with van der Waals surface area (Å²) in [6.45, 7) is 10.2. The highest BCUT2D eigenvalue weighted by molar-refractivity contribution is 5.73. The van der Waals surface area contributed by atoms with Gasteiger partial charge in [-0.2, -0.15) is 0 Å². The van der Waals surface area contributed by atoms with Gasteiger partial charge in [0.2, 0.25) is 0 Å².